The van der Waals surface area contributed by atoms with Crippen LogP contribution in [0.5, 0.6) is 11.5 Å². The molecule has 0 atom stereocenters. The molecule has 0 fully saturated rings. The van der Waals surface area contributed by atoms with Gasteiger partial charge in [0.05, 0.1) is 17.4 Å². The topological polar surface area (TPSA) is 65.7 Å². The molecule has 134 valence electrons. The van der Waals surface area contributed by atoms with Crippen LogP contribution in [0.25, 0.3) is 6.08 Å². The summed E-state index contributed by atoms with van der Waals surface area (Å²) >= 11 is 0. The van der Waals surface area contributed by atoms with Crippen molar-refractivity contribution in [2.24, 2.45) is 0 Å². The Balaban J connectivity index is 1.64. The fraction of sp³-hybridized carbons (Fsp3) is 0.0476. The Morgan fingerprint density at radius 1 is 1.11 bits per heavy atom. The van der Waals surface area contributed by atoms with E-state index < -0.39 is 11.8 Å². The summed E-state index contributed by atoms with van der Waals surface area (Å²) in [7, 11) is 0. The molecule has 5 nitrogen and oxygen atoms in total. The normalized spacial score (nSPS) is 14.1. The summed E-state index contributed by atoms with van der Waals surface area (Å²) in [5.74, 6) is -0.707. The number of hydrogen-bond acceptors (Lipinski definition) is 5. The number of benzene rings is 2. The summed E-state index contributed by atoms with van der Waals surface area (Å²) in [6.45, 7) is 1.66. The molecule has 6 heteroatoms. The van der Waals surface area contributed by atoms with Crippen molar-refractivity contribution in [1.29, 1.82) is 0 Å². The molecule has 0 spiro atoms. The largest absolute Gasteiger partial charge is 0.465 e. The van der Waals surface area contributed by atoms with Crippen molar-refractivity contribution in [1.82, 2.24) is 0 Å². The van der Waals surface area contributed by atoms with Crippen LogP contribution in [0.3, 0.4) is 0 Å². The quantitative estimate of drug-likeness (QED) is 0.387. The van der Waals surface area contributed by atoms with E-state index in [1.54, 1.807) is 25.1 Å². The molecular weight excluding hydrogens is 351 g/mol. The number of Topliss-reactive ketones (excluding diaryl/α,β-unsaturated/α-hetero) is 1. The monoisotopic (exact) mass is 364 g/mol. The summed E-state index contributed by atoms with van der Waals surface area (Å²) in [6, 6.07) is 11.9. The molecule has 2 heterocycles. The average Bonchev–Trinajstić information content (AvgIpc) is 3.27. The molecule has 1 aliphatic rings. The van der Waals surface area contributed by atoms with Crippen LogP contribution in [0.4, 0.5) is 4.39 Å². The third kappa shape index (κ3) is 3.01. The van der Waals surface area contributed by atoms with Crippen molar-refractivity contribution in [3.8, 4) is 11.5 Å². The van der Waals surface area contributed by atoms with Gasteiger partial charge in [-0.1, -0.05) is 12.1 Å². The number of ether oxygens (including phenoxy) is 2. The molecule has 0 amide bonds. The summed E-state index contributed by atoms with van der Waals surface area (Å²) in [6.07, 6.45) is 2.98. The zero-order valence-electron chi connectivity index (χ0n) is 14.2. The van der Waals surface area contributed by atoms with E-state index in [-0.39, 0.29) is 22.9 Å². The maximum absolute atomic E-state index is 13.8. The number of esters is 1. The van der Waals surface area contributed by atoms with Crippen molar-refractivity contribution in [2.75, 3.05) is 0 Å². The number of carbonyl (C=O) groups excluding carboxylic acids is 2. The Hall–Kier alpha value is -3.67. The lowest BCUT2D eigenvalue weighted by atomic mass is 10.1. The van der Waals surface area contributed by atoms with Gasteiger partial charge in [0, 0.05) is 11.6 Å². The molecule has 0 saturated heterocycles. The number of rotatable bonds is 3. The number of carbonyl (C=O) groups is 2. The van der Waals surface area contributed by atoms with E-state index in [0.29, 0.717) is 22.6 Å². The first-order valence-electron chi connectivity index (χ1n) is 8.12. The van der Waals surface area contributed by atoms with Gasteiger partial charge >= 0.3 is 5.97 Å². The van der Waals surface area contributed by atoms with Crippen LogP contribution in [-0.4, -0.2) is 11.8 Å². The third-order valence-corrected chi connectivity index (χ3v) is 4.15. The summed E-state index contributed by atoms with van der Waals surface area (Å²) in [4.78, 5) is 24.7. The highest BCUT2D eigenvalue weighted by molar-refractivity contribution is 6.14. The zero-order chi connectivity index (χ0) is 19.0. The van der Waals surface area contributed by atoms with E-state index in [9.17, 15) is 14.0 Å². The lowest BCUT2D eigenvalue weighted by Gasteiger charge is -2.10. The van der Waals surface area contributed by atoms with Crippen LogP contribution in [-0.2, 0) is 0 Å². The van der Waals surface area contributed by atoms with E-state index in [0.717, 1.165) is 0 Å². The van der Waals surface area contributed by atoms with Gasteiger partial charge in [0.15, 0.2) is 5.76 Å². The Labute approximate surface area is 153 Å². The van der Waals surface area contributed by atoms with Crippen molar-refractivity contribution in [3.05, 3.63) is 88.8 Å². The lowest BCUT2D eigenvalue weighted by molar-refractivity contribution is 0.0728. The number of hydrogen-bond donors (Lipinski definition) is 0. The first-order valence-corrected chi connectivity index (χ1v) is 8.12. The second kappa shape index (κ2) is 6.57. The molecule has 2 aromatic carbocycles. The summed E-state index contributed by atoms with van der Waals surface area (Å²) in [5, 5.41) is 0. The summed E-state index contributed by atoms with van der Waals surface area (Å²) in [5.41, 5.74) is 0.650. The highest BCUT2D eigenvalue weighted by atomic mass is 19.1. The maximum atomic E-state index is 13.8. The first kappa shape index (κ1) is 16.8. The molecule has 4 rings (SSSR count). The van der Waals surface area contributed by atoms with Crippen molar-refractivity contribution < 1.29 is 27.9 Å². The number of furan rings is 1. The fourth-order valence-corrected chi connectivity index (χ4v) is 2.76. The van der Waals surface area contributed by atoms with Gasteiger partial charge in [0.1, 0.15) is 23.1 Å². The zero-order valence-corrected chi connectivity index (χ0v) is 14.2. The van der Waals surface area contributed by atoms with Gasteiger partial charge in [-0.15, -0.1) is 0 Å². The van der Waals surface area contributed by atoms with Crippen molar-refractivity contribution in [2.45, 2.75) is 6.92 Å². The highest BCUT2D eigenvalue weighted by Crippen LogP contribution is 2.39. The fourth-order valence-electron chi connectivity index (χ4n) is 2.76. The maximum Gasteiger partial charge on any atom is 0.346 e. The lowest BCUT2D eigenvalue weighted by Crippen LogP contribution is -2.11. The van der Waals surface area contributed by atoms with E-state index in [1.165, 1.54) is 42.7 Å². The number of fused-ring (bicyclic) bond motifs is 1. The van der Waals surface area contributed by atoms with Crippen LogP contribution in [0.15, 0.2) is 65.0 Å². The SMILES string of the molecule is Cc1c(OC(=O)c2ccccc2F)ccc2c1O/C(=C\c1ccco1)C2=O. The third-order valence-electron chi connectivity index (χ3n) is 4.15. The molecule has 0 unspecified atom stereocenters. The summed E-state index contributed by atoms with van der Waals surface area (Å²) < 4.78 is 29.9. The molecule has 0 aliphatic carbocycles. The minimum absolute atomic E-state index is 0.112. The van der Waals surface area contributed by atoms with Gasteiger partial charge < -0.3 is 13.9 Å². The average molecular weight is 364 g/mol. The highest BCUT2D eigenvalue weighted by Gasteiger charge is 2.31. The van der Waals surface area contributed by atoms with Crippen molar-refractivity contribution >= 4 is 17.8 Å². The Morgan fingerprint density at radius 3 is 2.67 bits per heavy atom. The predicted octanol–water partition coefficient (Wildman–Crippen LogP) is 4.56. The minimum Gasteiger partial charge on any atom is -0.465 e. The van der Waals surface area contributed by atoms with Crippen LogP contribution in [0.1, 0.15) is 32.0 Å². The van der Waals surface area contributed by atoms with Crippen LogP contribution >= 0.6 is 0 Å². The first-order chi connectivity index (χ1) is 13.0. The van der Waals surface area contributed by atoms with Crippen LogP contribution in [0.2, 0.25) is 0 Å². The molecular formula is C21H13FO5. The molecule has 27 heavy (non-hydrogen) atoms. The van der Waals surface area contributed by atoms with Gasteiger partial charge in [-0.05, 0) is 43.3 Å². The number of ketones is 1. The molecule has 1 aliphatic heterocycles. The van der Waals surface area contributed by atoms with E-state index >= 15 is 0 Å². The van der Waals surface area contributed by atoms with Gasteiger partial charge in [-0.2, -0.15) is 0 Å². The number of halogens is 1. The second-order valence-corrected chi connectivity index (χ2v) is 5.89. The second-order valence-electron chi connectivity index (χ2n) is 5.89. The van der Waals surface area contributed by atoms with Crippen LogP contribution in [0, 0.1) is 12.7 Å². The van der Waals surface area contributed by atoms with Gasteiger partial charge in [0.2, 0.25) is 5.78 Å². The molecule has 0 radical (unpaired) electrons. The van der Waals surface area contributed by atoms with Gasteiger partial charge in [0.25, 0.3) is 0 Å². The number of allylic oxidation sites excluding steroid dienone is 1. The van der Waals surface area contributed by atoms with E-state index in [1.807, 2.05) is 0 Å². The Morgan fingerprint density at radius 2 is 1.93 bits per heavy atom. The molecule has 3 aromatic rings. The molecule has 1 aromatic heterocycles. The Kier molecular flexibility index (Phi) is 4.08. The smallest absolute Gasteiger partial charge is 0.346 e. The molecule has 0 saturated carbocycles. The van der Waals surface area contributed by atoms with E-state index in [2.05, 4.69) is 0 Å². The predicted molar refractivity (Wildman–Crippen MR) is 94.2 cm³/mol. The standard InChI is InChI=1S/C21H13FO5/c1-12-17(27-21(24)14-6-2-3-7-16(14)22)9-8-15-19(23)18(26-20(12)15)11-13-5-4-10-25-13/h2-11H,1H3/b18-11-. The van der Waals surface area contributed by atoms with E-state index in [4.69, 9.17) is 13.9 Å². The van der Waals surface area contributed by atoms with Gasteiger partial charge in [-0.25, -0.2) is 9.18 Å². The van der Waals surface area contributed by atoms with Gasteiger partial charge in [-0.3, -0.25) is 4.79 Å². The van der Waals surface area contributed by atoms with Crippen molar-refractivity contribution in [3.63, 3.8) is 0 Å². The Bertz CT molecular complexity index is 1080. The van der Waals surface area contributed by atoms with Crippen LogP contribution < -0.4 is 9.47 Å². The molecule has 0 bridgehead atoms. The minimum atomic E-state index is -0.827. The molecule has 0 N–H and O–H groups in total.